The number of nitrogens with one attached hydrogen (secondary N) is 2. The number of hydrogen-bond donors (Lipinski definition) is 3. The molecular formula is C12H24N3O+3. The summed E-state index contributed by atoms with van der Waals surface area (Å²) in [5.41, 5.74) is 4.07. The zero-order valence-electron chi connectivity index (χ0n) is 10.2. The Hall–Kier alpha value is -0.840. The van der Waals surface area contributed by atoms with E-state index in [-0.39, 0.29) is 0 Å². The summed E-state index contributed by atoms with van der Waals surface area (Å²) in [6, 6.07) is 4.51. The van der Waals surface area contributed by atoms with E-state index in [1.165, 1.54) is 32.7 Å². The van der Waals surface area contributed by atoms with Gasteiger partial charge in [-0.2, -0.15) is 0 Å². The van der Waals surface area contributed by atoms with Gasteiger partial charge in [-0.3, -0.25) is 0 Å². The quantitative estimate of drug-likeness (QED) is 0.517. The summed E-state index contributed by atoms with van der Waals surface area (Å²) in [6.07, 6.45) is 1.77. The summed E-state index contributed by atoms with van der Waals surface area (Å²) >= 11 is 0. The molecule has 0 bridgehead atoms. The van der Waals surface area contributed by atoms with E-state index in [2.05, 4.69) is 18.7 Å². The number of furan rings is 1. The van der Waals surface area contributed by atoms with Gasteiger partial charge in [0.1, 0.15) is 32.7 Å². The average molecular weight is 226 g/mol. The fraction of sp³-hybridized carbons (Fsp3) is 0.667. The Bertz CT molecular complexity index is 291. The summed E-state index contributed by atoms with van der Waals surface area (Å²) in [5, 5.41) is 0. The topological polar surface area (TPSA) is 49.7 Å². The van der Waals surface area contributed by atoms with E-state index >= 15 is 0 Å². The Morgan fingerprint density at radius 1 is 1.38 bits per heavy atom. The van der Waals surface area contributed by atoms with Crippen LogP contribution in [0, 0.1) is 0 Å². The van der Waals surface area contributed by atoms with Crippen LogP contribution in [0.25, 0.3) is 0 Å². The van der Waals surface area contributed by atoms with Crippen LogP contribution in [0.3, 0.4) is 0 Å². The van der Waals surface area contributed by atoms with Crippen LogP contribution in [0.15, 0.2) is 22.8 Å². The Labute approximate surface area is 97.0 Å². The number of piperazine rings is 1. The molecule has 0 aliphatic carbocycles. The van der Waals surface area contributed by atoms with Crippen LogP contribution < -0.4 is 15.5 Å². The van der Waals surface area contributed by atoms with Crippen molar-refractivity contribution in [2.45, 2.75) is 13.0 Å². The third-order valence-electron chi connectivity index (χ3n) is 3.77. The van der Waals surface area contributed by atoms with Gasteiger partial charge < -0.3 is 20.0 Å². The van der Waals surface area contributed by atoms with Crippen molar-refractivity contribution in [3.05, 3.63) is 24.2 Å². The first-order valence-electron chi connectivity index (χ1n) is 6.36. The first-order chi connectivity index (χ1) is 7.85. The van der Waals surface area contributed by atoms with E-state index in [1.807, 2.05) is 6.07 Å². The predicted molar refractivity (Wildman–Crippen MR) is 61.1 cm³/mol. The van der Waals surface area contributed by atoms with Gasteiger partial charge in [0.05, 0.1) is 12.8 Å². The number of quaternary nitrogens is 3. The first-order valence-corrected chi connectivity index (χ1v) is 6.36. The third kappa shape index (κ3) is 2.45. The van der Waals surface area contributed by atoms with Gasteiger partial charge in [0.15, 0.2) is 11.8 Å². The lowest BCUT2D eigenvalue weighted by Gasteiger charge is -2.32. The standard InChI is InChI=1S/C12H21N3O/c1-2-14-5-7-15(8-6-14)11(10-13)12-4-3-9-16-12/h3-4,9,11H,2,5-8,10,13H2,1H3/p+3/t11-/m0/s1. The largest absolute Gasteiger partial charge is 0.463 e. The van der Waals surface area contributed by atoms with E-state index in [1.54, 1.807) is 16.1 Å². The van der Waals surface area contributed by atoms with Crippen LogP contribution in [-0.4, -0.2) is 39.3 Å². The molecule has 0 amide bonds. The highest BCUT2D eigenvalue weighted by Crippen LogP contribution is 2.07. The van der Waals surface area contributed by atoms with Gasteiger partial charge >= 0.3 is 0 Å². The molecule has 0 aromatic carbocycles. The molecule has 1 aromatic rings. The number of likely N-dealkylation sites (N-methyl/N-ethyl adjacent to an activating group) is 1. The Kier molecular flexibility index (Phi) is 3.98. The van der Waals surface area contributed by atoms with E-state index in [0.29, 0.717) is 6.04 Å². The molecule has 0 radical (unpaired) electrons. The van der Waals surface area contributed by atoms with Gasteiger partial charge in [0.25, 0.3) is 0 Å². The molecule has 5 N–H and O–H groups in total. The molecule has 1 atom stereocenters. The zero-order chi connectivity index (χ0) is 11.4. The molecule has 1 saturated heterocycles. The predicted octanol–water partition coefficient (Wildman–Crippen LogP) is -2.63. The fourth-order valence-corrected chi connectivity index (χ4v) is 2.66. The molecule has 4 nitrogen and oxygen atoms in total. The second-order valence-corrected chi connectivity index (χ2v) is 4.62. The van der Waals surface area contributed by atoms with Gasteiger partial charge in [-0.1, -0.05) is 0 Å². The lowest BCUT2D eigenvalue weighted by molar-refractivity contribution is -1.03. The number of rotatable bonds is 4. The van der Waals surface area contributed by atoms with Crippen LogP contribution in [-0.2, 0) is 0 Å². The Morgan fingerprint density at radius 3 is 2.62 bits per heavy atom. The first kappa shape index (κ1) is 11.6. The summed E-state index contributed by atoms with van der Waals surface area (Å²) in [4.78, 5) is 3.37. The van der Waals surface area contributed by atoms with Crippen LogP contribution in [0.4, 0.5) is 0 Å². The summed E-state index contributed by atoms with van der Waals surface area (Å²) in [5.74, 6) is 1.10. The zero-order valence-corrected chi connectivity index (χ0v) is 10.2. The van der Waals surface area contributed by atoms with Crippen molar-refractivity contribution in [3.8, 4) is 0 Å². The molecule has 0 spiro atoms. The van der Waals surface area contributed by atoms with Crippen LogP contribution in [0.5, 0.6) is 0 Å². The van der Waals surface area contributed by atoms with Crippen LogP contribution >= 0.6 is 0 Å². The minimum atomic E-state index is 0.452. The maximum absolute atomic E-state index is 5.53. The second-order valence-electron chi connectivity index (χ2n) is 4.62. The minimum Gasteiger partial charge on any atom is -0.463 e. The summed E-state index contributed by atoms with van der Waals surface area (Å²) in [6.45, 7) is 9.49. The van der Waals surface area contributed by atoms with Crippen molar-refractivity contribution in [2.75, 3.05) is 39.3 Å². The molecule has 0 saturated carbocycles. The molecule has 16 heavy (non-hydrogen) atoms. The molecule has 1 fully saturated rings. The lowest BCUT2D eigenvalue weighted by atomic mass is 10.1. The highest BCUT2D eigenvalue weighted by molar-refractivity contribution is 5.01. The average Bonchev–Trinajstić information content (AvgIpc) is 2.85. The van der Waals surface area contributed by atoms with Crippen molar-refractivity contribution < 1.29 is 20.0 Å². The van der Waals surface area contributed by atoms with Crippen molar-refractivity contribution in [2.24, 2.45) is 0 Å². The van der Waals surface area contributed by atoms with Crippen molar-refractivity contribution in [1.82, 2.24) is 0 Å². The van der Waals surface area contributed by atoms with E-state index in [4.69, 9.17) is 4.42 Å². The maximum atomic E-state index is 5.53. The Morgan fingerprint density at radius 2 is 2.12 bits per heavy atom. The van der Waals surface area contributed by atoms with Crippen molar-refractivity contribution >= 4 is 0 Å². The van der Waals surface area contributed by atoms with Crippen molar-refractivity contribution in [1.29, 1.82) is 0 Å². The SMILES string of the molecule is CC[NH+]1CC[NH+]([C@@H](C[NH3+])c2ccco2)CC1. The summed E-state index contributed by atoms with van der Waals surface area (Å²) in [7, 11) is 0. The second kappa shape index (κ2) is 5.48. The van der Waals surface area contributed by atoms with Gasteiger partial charge in [0.2, 0.25) is 0 Å². The van der Waals surface area contributed by atoms with E-state index in [9.17, 15) is 0 Å². The normalized spacial score (nSPS) is 27.9. The van der Waals surface area contributed by atoms with Crippen molar-refractivity contribution in [3.63, 3.8) is 0 Å². The highest BCUT2D eigenvalue weighted by Gasteiger charge is 2.31. The molecular weight excluding hydrogens is 202 g/mol. The van der Waals surface area contributed by atoms with Gasteiger partial charge in [-0.15, -0.1) is 0 Å². The molecule has 2 heterocycles. The fourth-order valence-electron chi connectivity index (χ4n) is 2.66. The molecule has 1 aromatic heterocycles. The number of hydrogen-bond acceptors (Lipinski definition) is 1. The highest BCUT2D eigenvalue weighted by atomic mass is 16.3. The van der Waals surface area contributed by atoms with Gasteiger partial charge in [0, 0.05) is 0 Å². The van der Waals surface area contributed by atoms with Gasteiger partial charge in [-0.05, 0) is 19.1 Å². The smallest absolute Gasteiger partial charge is 0.195 e. The van der Waals surface area contributed by atoms with E-state index < -0.39 is 0 Å². The monoisotopic (exact) mass is 226 g/mol. The molecule has 1 aliphatic heterocycles. The molecule has 2 rings (SSSR count). The molecule has 4 heteroatoms. The van der Waals surface area contributed by atoms with Crippen LogP contribution in [0.2, 0.25) is 0 Å². The minimum absolute atomic E-state index is 0.452. The van der Waals surface area contributed by atoms with E-state index in [0.717, 1.165) is 12.3 Å². The third-order valence-corrected chi connectivity index (χ3v) is 3.77. The molecule has 0 unspecified atom stereocenters. The molecule has 90 valence electrons. The van der Waals surface area contributed by atoms with Crippen LogP contribution in [0.1, 0.15) is 18.7 Å². The summed E-state index contributed by atoms with van der Waals surface area (Å²) < 4.78 is 5.53. The molecule has 1 aliphatic rings. The van der Waals surface area contributed by atoms with Gasteiger partial charge in [-0.25, -0.2) is 0 Å². The lowest BCUT2D eigenvalue weighted by Crippen LogP contribution is -3.28. The Balaban J connectivity index is 1.96. The maximum Gasteiger partial charge on any atom is 0.195 e.